The molecular formula is C19H27NO5. The van der Waals surface area contributed by atoms with Crippen LogP contribution < -0.4 is 14.8 Å². The Labute approximate surface area is 148 Å². The van der Waals surface area contributed by atoms with Crippen LogP contribution in [0.1, 0.15) is 33.1 Å². The number of esters is 1. The average Bonchev–Trinajstić information content (AvgIpc) is 2.62. The number of methoxy groups -OCH3 is 1. The van der Waals surface area contributed by atoms with Crippen LogP contribution in [-0.4, -0.2) is 38.2 Å². The second-order valence-electron chi connectivity index (χ2n) is 6.54. The minimum atomic E-state index is -0.592. The van der Waals surface area contributed by atoms with Crippen molar-refractivity contribution in [2.24, 2.45) is 11.8 Å². The number of ether oxygens (including phenoxy) is 3. The van der Waals surface area contributed by atoms with Gasteiger partial charge in [-0.2, -0.15) is 0 Å². The van der Waals surface area contributed by atoms with Gasteiger partial charge in [0.05, 0.1) is 7.11 Å². The van der Waals surface area contributed by atoms with Crippen molar-refractivity contribution < 1.29 is 23.8 Å². The Morgan fingerprint density at radius 1 is 1.12 bits per heavy atom. The van der Waals surface area contributed by atoms with E-state index in [0.717, 1.165) is 12.8 Å². The molecule has 1 aromatic rings. The van der Waals surface area contributed by atoms with Crippen molar-refractivity contribution in [2.75, 3.05) is 20.3 Å². The largest absolute Gasteiger partial charge is 0.493 e. The second kappa shape index (κ2) is 9.30. The average molecular weight is 349 g/mol. The van der Waals surface area contributed by atoms with Crippen LogP contribution in [0.4, 0.5) is 0 Å². The highest BCUT2D eigenvalue weighted by molar-refractivity contribution is 5.81. The number of hydrogen-bond acceptors (Lipinski definition) is 5. The Bertz CT molecular complexity index is 589. The Morgan fingerprint density at radius 2 is 1.84 bits per heavy atom. The van der Waals surface area contributed by atoms with Crippen LogP contribution in [0.25, 0.3) is 0 Å². The molecule has 1 aliphatic carbocycles. The third kappa shape index (κ3) is 5.66. The van der Waals surface area contributed by atoms with E-state index in [1.165, 1.54) is 13.5 Å². The van der Waals surface area contributed by atoms with Crippen molar-refractivity contribution in [3.05, 3.63) is 24.3 Å². The molecule has 0 saturated heterocycles. The molecule has 0 aromatic heterocycles. The summed E-state index contributed by atoms with van der Waals surface area (Å²) in [5.41, 5.74) is 0. The van der Waals surface area contributed by atoms with Crippen molar-refractivity contribution >= 4 is 11.9 Å². The Hall–Kier alpha value is -2.24. The number of amides is 1. The minimum Gasteiger partial charge on any atom is -0.493 e. The number of rotatable bonds is 7. The first kappa shape index (κ1) is 19.1. The van der Waals surface area contributed by atoms with E-state index in [9.17, 15) is 9.59 Å². The third-order valence-electron chi connectivity index (χ3n) is 4.83. The molecule has 6 nitrogen and oxygen atoms in total. The van der Waals surface area contributed by atoms with Crippen molar-refractivity contribution in [1.82, 2.24) is 5.32 Å². The molecule has 0 aliphatic heterocycles. The van der Waals surface area contributed by atoms with Gasteiger partial charge in [-0.15, -0.1) is 0 Å². The lowest BCUT2D eigenvalue weighted by Gasteiger charge is -2.34. The van der Waals surface area contributed by atoms with Crippen molar-refractivity contribution in [2.45, 2.75) is 39.2 Å². The van der Waals surface area contributed by atoms with Gasteiger partial charge in [0.25, 0.3) is 5.91 Å². The fourth-order valence-corrected chi connectivity index (χ4v) is 3.10. The Kier molecular flexibility index (Phi) is 7.10. The lowest BCUT2D eigenvalue weighted by atomic mass is 9.78. The maximum Gasteiger partial charge on any atom is 0.344 e. The molecule has 0 heterocycles. The van der Waals surface area contributed by atoms with E-state index in [4.69, 9.17) is 14.2 Å². The molecule has 138 valence electrons. The normalized spacial score (nSPS) is 22.8. The lowest BCUT2D eigenvalue weighted by molar-refractivity contribution is -0.150. The van der Waals surface area contributed by atoms with Crippen LogP contribution in [0.5, 0.6) is 11.5 Å². The molecule has 1 saturated carbocycles. The van der Waals surface area contributed by atoms with E-state index >= 15 is 0 Å². The van der Waals surface area contributed by atoms with Gasteiger partial charge in [-0.1, -0.05) is 38.8 Å². The summed E-state index contributed by atoms with van der Waals surface area (Å²) in [5.74, 6) is 1.16. The summed E-state index contributed by atoms with van der Waals surface area (Å²) >= 11 is 0. The van der Waals surface area contributed by atoms with Crippen molar-refractivity contribution in [3.8, 4) is 11.5 Å². The molecule has 2 rings (SSSR count). The summed E-state index contributed by atoms with van der Waals surface area (Å²) in [6.07, 6.45) is 3.29. The van der Waals surface area contributed by atoms with E-state index in [-0.39, 0.29) is 25.2 Å². The molecule has 1 N–H and O–H groups in total. The molecule has 3 unspecified atom stereocenters. The maximum atomic E-state index is 12.0. The summed E-state index contributed by atoms with van der Waals surface area (Å²) in [4.78, 5) is 23.8. The Balaban J connectivity index is 1.71. The molecule has 1 amide bonds. The van der Waals surface area contributed by atoms with Gasteiger partial charge in [-0.25, -0.2) is 4.79 Å². The molecule has 1 aromatic carbocycles. The standard InChI is InChI=1S/C19H27NO5/c1-13-7-6-8-15(14(13)2)20-18(21)11-25-19(22)12-24-17-10-5-4-9-16(17)23-3/h4-5,9-10,13-15H,6-8,11-12H2,1-3H3,(H,20,21). The molecule has 25 heavy (non-hydrogen) atoms. The van der Waals surface area contributed by atoms with Crippen molar-refractivity contribution in [3.63, 3.8) is 0 Å². The first-order valence-corrected chi connectivity index (χ1v) is 8.72. The highest BCUT2D eigenvalue weighted by Gasteiger charge is 2.28. The van der Waals surface area contributed by atoms with Crippen LogP contribution >= 0.6 is 0 Å². The third-order valence-corrected chi connectivity index (χ3v) is 4.83. The summed E-state index contributed by atoms with van der Waals surface area (Å²) in [6.45, 7) is 3.80. The van der Waals surface area contributed by atoms with Gasteiger partial charge < -0.3 is 19.5 Å². The fourth-order valence-electron chi connectivity index (χ4n) is 3.10. The second-order valence-corrected chi connectivity index (χ2v) is 6.54. The topological polar surface area (TPSA) is 73.9 Å². The summed E-state index contributed by atoms with van der Waals surface area (Å²) in [7, 11) is 1.53. The quantitative estimate of drug-likeness (QED) is 0.766. The van der Waals surface area contributed by atoms with Gasteiger partial charge in [0.1, 0.15) is 0 Å². The minimum absolute atomic E-state index is 0.153. The molecule has 1 aliphatic rings. The SMILES string of the molecule is COc1ccccc1OCC(=O)OCC(=O)NC1CCCC(C)C1C. The molecule has 0 radical (unpaired) electrons. The number of nitrogens with one attached hydrogen (secondary N) is 1. The first-order valence-electron chi connectivity index (χ1n) is 8.72. The number of benzene rings is 1. The van der Waals surface area contributed by atoms with Crippen LogP contribution in [-0.2, 0) is 14.3 Å². The Morgan fingerprint density at radius 3 is 2.56 bits per heavy atom. The van der Waals surface area contributed by atoms with E-state index in [1.54, 1.807) is 18.2 Å². The van der Waals surface area contributed by atoms with Gasteiger partial charge in [0.2, 0.25) is 0 Å². The van der Waals surface area contributed by atoms with Gasteiger partial charge >= 0.3 is 5.97 Å². The molecular weight excluding hydrogens is 322 g/mol. The smallest absolute Gasteiger partial charge is 0.344 e. The van der Waals surface area contributed by atoms with E-state index in [0.29, 0.717) is 23.3 Å². The van der Waals surface area contributed by atoms with Gasteiger partial charge in [-0.05, 0) is 30.4 Å². The monoisotopic (exact) mass is 349 g/mol. The number of para-hydroxylation sites is 2. The van der Waals surface area contributed by atoms with Gasteiger partial charge in [-0.3, -0.25) is 4.79 Å². The van der Waals surface area contributed by atoms with Crippen LogP contribution in [0, 0.1) is 11.8 Å². The van der Waals surface area contributed by atoms with Crippen LogP contribution in [0.15, 0.2) is 24.3 Å². The number of carbonyl (C=O) groups is 2. The van der Waals surface area contributed by atoms with Crippen LogP contribution in [0.2, 0.25) is 0 Å². The van der Waals surface area contributed by atoms with Crippen LogP contribution in [0.3, 0.4) is 0 Å². The van der Waals surface area contributed by atoms with Gasteiger partial charge in [0.15, 0.2) is 24.7 Å². The van der Waals surface area contributed by atoms with E-state index in [2.05, 4.69) is 19.2 Å². The fraction of sp³-hybridized carbons (Fsp3) is 0.579. The summed E-state index contributed by atoms with van der Waals surface area (Å²) in [5, 5.41) is 2.97. The van der Waals surface area contributed by atoms with Crippen molar-refractivity contribution in [1.29, 1.82) is 0 Å². The molecule has 1 fully saturated rings. The summed E-state index contributed by atoms with van der Waals surface area (Å²) < 4.78 is 15.5. The first-order chi connectivity index (χ1) is 12.0. The predicted molar refractivity (Wildman–Crippen MR) is 93.6 cm³/mol. The van der Waals surface area contributed by atoms with Gasteiger partial charge in [0, 0.05) is 6.04 Å². The molecule has 0 spiro atoms. The zero-order valence-corrected chi connectivity index (χ0v) is 15.1. The number of hydrogen-bond donors (Lipinski definition) is 1. The maximum absolute atomic E-state index is 12.0. The highest BCUT2D eigenvalue weighted by atomic mass is 16.6. The molecule has 0 bridgehead atoms. The van der Waals surface area contributed by atoms with E-state index in [1.807, 2.05) is 6.07 Å². The van der Waals surface area contributed by atoms with E-state index < -0.39 is 5.97 Å². The summed E-state index contributed by atoms with van der Waals surface area (Å²) in [6, 6.07) is 7.18. The molecule has 3 atom stereocenters. The lowest BCUT2D eigenvalue weighted by Crippen LogP contribution is -2.45. The number of carbonyl (C=O) groups excluding carboxylic acids is 2. The highest BCUT2D eigenvalue weighted by Crippen LogP contribution is 2.29. The zero-order valence-electron chi connectivity index (χ0n) is 15.1. The zero-order chi connectivity index (χ0) is 18.2. The molecule has 6 heteroatoms. The predicted octanol–water partition coefficient (Wildman–Crippen LogP) is 2.56.